The second kappa shape index (κ2) is 11.5. The molecule has 2 heterocycles. The van der Waals surface area contributed by atoms with Crippen LogP contribution in [0.3, 0.4) is 0 Å². The van der Waals surface area contributed by atoms with Gasteiger partial charge in [0.1, 0.15) is 0 Å². The number of nitrogens with zero attached hydrogens (tertiary/aromatic N) is 4. The third kappa shape index (κ3) is 6.09. The average Bonchev–Trinajstić information content (AvgIpc) is 3.33. The maximum Gasteiger partial charge on any atom is 0.417 e. The summed E-state index contributed by atoms with van der Waals surface area (Å²) < 4.78 is 40.2. The van der Waals surface area contributed by atoms with E-state index in [2.05, 4.69) is 6.07 Å². The van der Waals surface area contributed by atoms with Crippen LogP contribution in [-0.4, -0.2) is 72.3 Å². The molecule has 2 saturated heterocycles. The molecule has 2 aromatic carbocycles. The van der Waals surface area contributed by atoms with Gasteiger partial charge in [-0.2, -0.15) is 18.4 Å². The molecule has 2 amide bonds. The standard InChI is InChI=1S/C27H27Cl2F3N4O2/c1-34(25(37)19-4-7-23(29)22(14-19)27(30,31)32)24-16-36(15-21(24)17-2-5-20(28)6-3-17)26(38)18-8-11-35(12-9-18)13-10-33/h2-7,14,18,21,24H,8-9,11-13,15-16H2,1H3/t21-,24+/m1/s1. The highest BCUT2D eigenvalue weighted by atomic mass is 35.5. The fourth-order valence-corrected chi connectivity index (χ4v) is 5.67. The lowest BCUT2D eigenvalue weighted by Gasteiger charge is -2.32. The molecule has 0 saturated carbocycles. The molecule has 2 aliphatic rings. The number of hydrogen-bond acceptors (Lipinski definition) is 4. The van der Waals surface area contributed by atoms with E-state index in [1.54, 1.807) is 24.1 Å². The van der Waals surface area contributed by atoms with Gasteiger partial charge in [0.05, 0.1) is 29.2 Å². The number of piperidine rings is 1. The van der Waals surface area contributed by atoms with Crippen molar-refractivity contribution < 1.29 is 22.8 Å². The number of likely N-dealkylation sites (tertiary alicyclic amines) is 2. The van der Waals surface area contributed by atoms with E-state index >= 15 is 0 Å². The van der Waals surface area contributed by atoms with Gasteiger partial charge in [0.25, 0.3) is 5.91 Å². The number of likely N-dealkylation sites (N-methyl/N-ethyl adjacent to an activating group) is 1. The number of carbonyl (C=O) groups is 2. The van der Waals surface area contributed by atoms with Gasteiger partial charge in [-0.3, -0.25) is 14.5 Å². The van der Waals surface area contributed by atoms with Crippen molar-refractivity contribution in [3.8, 4) is 6.07 Å². The fourth-order valence-electron chi connectivity index (χ4n) is 5.32. The summed E-state index contributed by atoms with van der Waals surface area (Å²) in [6, 6.07) is 12.0. The zero-order valence-corrected chi connectivity index (χ0v) is 22.2. The fraction of sp³-hybridized carbons (Fsp3) is 0.444. The highest BCUT2D eigenvalue weighted by Crippen LogP contribution is 2.37. The van der Waals surface area contributed by atoms with Crippen LogP contribution in [-0.2, 0) is 11.0 Å². The van der Waals surface area contributed by atoms with Crippen LogP contribution in [0.15, 0.2) is 42.5 Å². The number of rotatable bonds is 5. The van der Waals surface area contributed by atoms with Crippen LogP contribution in [0.1, 0.15) is 40.2 Å². The van der Waals surface area contributed by atoms with Gasteiger partial charge >= 0.3 is 6.18 Å². The summed E-state index contributed by atoms with van der Waals surface area (Å²) in [6.45, 7) is 2.29. The Morgan fingerprint density at radius 2 is 1.74 bits per heavy atom. The number of amides is 2. The molecule has 38 heavy (non-hydrogen) atoms. The quantitative estimate of drug-likeness (QED) is 0.460. The van der Waals surface area contributed by atoms with Gasteiger partial charge in [-0.15, -0.1) is 0 Å². The first-order valence-corrected chi connectivity index (χ1v) is 13.0. The zero-order valence-electron chi connectivity index (χ0n) is 20.7. The number of nitriles is 1. The smallest absolute Gasteiger partial charge is 0.340 e. The largest absolute Gasteiger partial charge is 0.417 e. The first-order valence-electron chi connectivity index (χ1n) is 12.3. The summed E-state index contributed by atoms with van der Waals surface area (Å²) in [4.78, 5) is 32.1. The molecule has 2 atom stereocenters. The van der Waals surface area contributed by atoms with Crippen molar-refractivity contribution in [2.24, 2.45) is 5.92 Å². The summed E-state index contributed by atoms with van der Waals surface area (Å²) in [5.41, 5.74) is -0.322. The van der Waals surface area contributed by atoms with E-state index < -0.39 is 28.7 Å². The van der Waals surface area contributed by atoms with E-state index in [1.807, 2.05) is 17.0 Å². The molecule has 0 spiro atoms. The van der Waals surface area contributed by atoms with Gasteiger partial charge in [-0.25, -0.2) is 0 Å². The lowest BCUT2D eigenvalue weighted by Crippen LogP contribution is -2.44. The monoisotopic (exact) mass is 566 g/mol. The minimum Gasteiger partial charge on any atom is -0.340 e. The minimum atomic E-state index is -4.70. The maximum absolute atomic E-state index is 13.5. The Morgan fingerprint density at radius 3 is 2.34 bits per heavy atom. The second-order valence-corrected chi connectivity index (χ2v) is 10.6. The normalized spacial score (nSPS) is 20.8. The van der Waals surface area contributed by atoms with Crippen molar-refractivity contribution in [3.05, 3.63) is 69.2 Å². The van der Waals surface area contributed by atoms with Crippen molar-refractivity contribution in [2.45, 2.75) is 31.0 Å². The summed E-state index contributed by atoms with van der Waals surface area (Å²) in [5.74, 6) is -1.02. The third-order valence-corrected chi connectivity index (χ3v) is 8.05. The Balaban J connectivity index is 1.57. The van der Waals surface area contributed by atoms with Crippen molar-refractivity contribution in [2.75, 3.05) is 39.8 Å². The Kier molecular flexibility index (Phi) is 8.55. The van der Waals surface area contributed by atoms with Gasteiger partial charge in [0.2, 0.25) is 5.91 Å². The SMILES string of the molecule is CN(C(=O)c1ccc(Cl)c(C(F)(F)F)c1)[C@H]1CN(C(=O)C2CCN(CC#N)CC2)C[C@@H]1c1ccc(Cl)cc1. The molecule has 0 aromatic heterocycles. The van der Waals surface area contributed by atoms with E-state index in [4.69, 9.17) is 28.5 Å². The van der Waals surface area contributed by atoms with Crippen LogP contribution in [0, 0.1) is 17.2 Å². The van der Waals surface area contributed by atoms with Crippen LogP contribution in [0.5, 0.6) is 0 Å². The van der Waals surface area contributed by atoms with Crippen LogP contribution in [0.25, 0.3) is 0 Å². The van der Waals surface area contributed by atoms with Crippen LogP contribution < -0.4 is 0 Å². The molecule has 2 aliphatic heterocycles. The third-order valence-electron chi connectivity index (χ3n) is 7.47. The van der Waals surface area contributed by atoms with Crippen molar-refractivity contribution in [1.82, 2.24) is 14.7 Å². The zero-order chi connectivity index (χ0) is 27.6. The van der Waals surface area contributed by atoms with Gasteiger partial charge in [-0.05, 0) is 61.8 Å². The molecule has 2 aromatic rings. The van der Waals surface area contributed by atoms with Crippen LogP contribution in [0.2, 0.25) is 10.0 Å². The first-order chi connectivity index (χ1) is 18.0. The van der Waals surface area contributed by atoms with Gasteiger partial charge < -0.3 is 9.80 Å². The molecule has 0 N–H and O–H groups in total. The molecule has 6 nitrogen and oxygen atoms in total. The molecule has 11 heteroatoms. The van der Waals surface area contributed by atoms with Gasteiger partial charge in [0.15, 0.2) is 0 Å². The second-order valence-electron chi connectivity index (χ2n) is 9.79. The summed E-state index contributed by atoms with van der Waals surface area (Å²) in [6.07, 6.45) is -3.41. The molecule has 4 rings (SSSR count). The van der Waals surface area contributed by atoms with E-state index in [-0.39, 0.29) is 29.9 Å². The van der Waals surface area contributed by atoms with E-state index in [0.717, 1.165) is 17.7 Å². The van der Waals surface area contributed by atoms with E-state index in [0.29, 0.717) is 44.0 Å². The summed E-state index contributed by atoms with van der Waals surface area (Å²) in [7, 11) is 1.55. The lowest BCUT2D eigenvalue weighted by atomic mass is 9.93. The summed E-state index contributed by atoms with van der Waals surface area (Å²) >= 11 is 11.8. The molecule has 202 valence electrons. The molecular formula is C27H27Cl2F3N4O2. The maximum atomic E-state index is 13.5. The lowest BCUT2D eigenvalue weighted by molar-refractivity contribution is -0.137. The number of alkyl halides is 3. The van der Waals surface area contributed by atoms with Crippen molar-refractivity contribution in [1.29, 1.82) is 5.26 Å². The number of hydrogen-bond donors (Lipinski definition) is 0. The van der Waals surface area contributed by atoms with Crippen LogP contribution in [0.4, 0.5) is 13.2 Å². The molecule has 0 aliphatic carbocycles. The highest BCUT2D eigenvalue weighted by Gasteiger charge is 2.42. The highest BCUT2D eigenvalue weighted by molar-refractivity contribution is 6.31. The Hall–Kier alpha value is -2.80. The first kappa shape index (κ1) is 28.2. The number of benzene rings is 2. The molecule has 2 fully saturated rings. The predicted molar refractivity (Wildman–Crippen MR) is 138 cm³/mol. The minimum absolute atomic E-state index is 0.00484. The average molecular weight is 567 g/mol. The molecule has 0 unspecified atom stereocenters. The van der Waals surface area contributed by atoms with Gasteiger partial charge in [-0.1, -0.05) is 35.3 Å². The van der Waals surface area contributed by atoms with Crippen molar-refractivity contribution in [3.63, 3.8) is 0 Å². The number of halogens is 5. The Labute approximate surface area is 229 Å². The van der Waals surface area contributed by atoms with Crippen LogP contribution >= 0.6 is 23.2 Å². The van der Waals surface area contributed by atoms with E-state index in [1.165, 1.54) is 11.0 Å². The number of carbonyl (C=O) groups excluding carboxylic acids is 2. The van der Waals surface area contributed by atoms with Gasteiger partial charge in [0, 0.05) is 42.6 Å². The Bertz CT molecular complexity index is 1220. The molecular weight excluding hydrogens is 540 g/mol. The predicted octanol–water partition coefficient (Wildman–Crippen LogP) is 5.31. The van der Waals surface area contributed by atoms with Crippen molar-refractivity contribution >= 4 is 35.0 Å². The van der Waals surface area contributed by atoms with E-state index in [9.17, 15) is 22.8 Å². The summed E-state index contributed by atoms with van der Waals surface area (Å²) in [5, 5.41) is 9.00. The molecule has 0 bridgehead atoms. The Morgan fingerprint density at radius 1 is 1.08 bits per heavy atom. The molecule has 0 radical (unpaired) electrons. The topological polar surface area (TPSA) is 67.7 Å².